The molecule has 0 saturated carbocycles. The summed E-state index contributed by atoms with van der Waals surface area (Å²) in [6.07, 6.45) is 1.72. The molecule has 0 spiro atoms. The highest BCUT2D eigenvalue weighted by atomic mass is 16.6. The zero-order valence-electron chi connectivity index (χ0n) is 20.0. The summed E-state index contributed by atoms with van der Waals surface area (Å²) >= 11 is 0. The number of ether oxygens (including phenoxy) is 1. The minimum absolute atomic E-state index is 0.118. The fourth-order valence-corrected chi connectivity index (χ4v) is 3.71. The van der Waals surface area contributed by atoms with Crippen molar-refractivity contribution in [3.63, 3.8) is 0 Å². The maximum atomic E-state index is 13.0. The molecule has 4 N–H and O–H groups in total. The number of amides is 4. The number of rotatable bonds is 9. The van der Waals surface area contributed by atoms with Crippen molar-refractivity contribution in [1.82, 2.24) is 15.5 Å². The summed E-state index contributed by atoms with van der Waals surface area (Å²) in [7, 11) is 0. The van der Waals surface area contributed by atoms with Crippen molar-refractivity contribution in [2.45, 2.75) is 104 Å². The number of likely N-dealkylation sites (tertiary alicyclic amines) is 1. The molecule has 1 fully saturated rings. The van der Waals surface area contributed by atoms with Crippen LogP contribution in [0.25, 0.3) is 0 Å². The molecular formula is C22H40N4O5. The molecule has 2 atom stereocenters. The van der Waals surface area contributed by atoms with Crippen molar-refractivity contribution >= 4 is 23.8 Å². The van der Waals surface area contributed by atoms with Crippen molar-refractivity contribution in [1.29, 1.82) is 0 Å². The molecular weight excluding hydrogens is 400 g/mol. The predicted octanol–water partition coefficient (Wildman–Crippen LogP) is 2.08. The third-order valence-electron chi connectivity index (χ3n) is 5.56. The minimum Gasteiger partial charge on any atom is -0.444 e. The monoisotopic (exact) mass is 440 g/mol. The molecule has 0 aromatic rings. The van der Waals surface area contributed by atoms with E-state index in [2.05, 4.69) is 10.6 Å². The van der Waals surface area contributed by atoms with E-state index in [4.69, 9.17) is 10.5 Å². The van der Waals surface area contributed by atoms with Gasteiger partial charge in [0.15, 0.2) is 0 Å². The van der Waals surface area contributed by atoms with Gasteiger partial charge in [0.05, 0.1) is 0 Å². The van der Waals surface area contributed by atoms with Gasteiger partial charge < -0.3 is 21.1 Å². The van der Waals surface area contributed by atoms with Gasteiger partial charge in [-0.1, -0.05) is 27.7 Å². The Morgan fingerprint density at radius 1 is 1.13 bits per heavy atom. The Morgan fingerprint density at radius 3 is 2.16 bits per heavy atom. The van der Waals surface area contributed by atoms with Gasteiger partial charge in [0.2, 0.25) is 17.7 Å². The Kier molecular flexibility index (Phi) is 9.32. The van der Waals surface area contributed by atoms with E-state index in [9.17, 15) is 19.2 Å². The average molecular weight is 441 g/mol. The number of carbonyl (C=O) groups is 4. The lowest BCUT2D eigenvalue weighted by Gasteiger charge is -2.33. The van der Waals surface area contributed by atoms with Gasteiger partial charge in [-0.05, 0) is 58.8 Å². The van der Waals surface area contributed by atoms with E-state index in [-0.39, 0.29) is 5.92 Å². The molecule has 0 aromatic carbocycles. The van der Waals surface area contributed by atoms with Gasteiger partial charge in [-0.25, -0.2) is 4.79 Å². The summed E-state index contributed by atoms with van der Waals surface area (Å²) in [5, 5.41) is 5.56. The van der Waals surface area contributed by atoms with Crippen LogP contribution in [0.15, 0.2) is 0 Å². The van der Waals surface area contributed by atoms with Crippen molar-refractivity contribution in [2.24, 2.45) is 11.7 Å². The molecule has 9 heteroatoms. The van der Waals surface area contributed by atoms with Gasteiger partial charge in [0, 0.05) is 6.54 Å². The van der Waals surface area contributed by atoms with Crippen molar-refractivity contribution in [3.8, 4) is 0 Å². The van der Waals surface area contributed by atoms with Crippen molar-refractivity contribution in [2.75, 3.05) is 6.54 Å². The maximum absolute atomic E-state index is 13.0. The Labute approximate surface area is 185 Å². The fourth-order valence-electron chi connectivity index (χ4n) is 3.71. The van der Waals surface area contributed by atoms with Gasteiger partial charge in [0.1, 0.15) is 23.2 Å². The van der Waals surface area contributed by atoms with Gasteiger partial charge in [-0.2, -0.15) is 0 Å². The molecule has 31 heavy (non-hydrogen) atoms. The zero-order valence-corrected chi connectivity index (χ0v) is 20.0. The van der Waals surface area contributed by atoms with Gasteiger partial charge in [0.25, 0.3) is 0 Å². The molecule has 1 aliphatic heterocycles. The third kappa shape index (κ3) is 7.40. The van der Waals surface area contributed by atoms with Crippen LogP contribution in [0.5, 0.6) is 0 Å². The maximum Gasteiger partial charge on any atom is 0.410 e. The average Bonchev–Trinajstić information content (AvgIpc) is 3.13. The smallest absolute Gasteiger partial charge is 0.410 e. The largest absolute Gasteiger partial charge is 0.444 e. The van der Waals surface area contributed by atoms with E-state index >= 15 is 0 Å². The number of nitrogens with zero attached hydrogens (tertiary/aromatic N) is 1. The summed E-state index contributed by atoms with van der Waals surface area (Å²) in [5.74, 6) is -1.34. The number of hydrogen-bond acceptors (Lipinski definition) is 5. The highest BCUT2D eigenvalue weighted by molar-refractivity contribution is 5.95. The van der Waals surface area contributed by atoms with Crippen molar-refractivity contribution < 1.29 is 23.9 Å². The van der Waals surface area contributed by atoms with E-state index in [0.717, 1.165) is 0 Å². The Hall–Kier alpha value is -2.32. The first kappa shape index (κ1) is 26.7. The second-order valence-electron chi connectivity index (χ2n) is 9.67. The summed E-state index contributed by atoms with van der Waals surface area (Å²) in [6, 6.07) is -1.54. The quantitative estimate of drug-likeness (QED) is 0.505. The molecule has 1 rings (SSSR count). The van der Waals surface area contributed by atoms with E-state index in [1.54, 1.807) is 34.6 Å². The van der Waals surface area contributed by atoms with Crippen LogP contribution in [0, 0.1) is 5.92 Å². The second kappa shape index (κ2) is 10.8. The van der Waals surface area contributed by atoms with Crippen LogP contribution in [0.1, 0.15) is 80.6 Å². The highest BCUT2D eigenvalue weighted by Gasteiger charge is 2.40. The third-order valence-corrected chi connectivity index (χ3v) is 5.56. The SMILES string of the molecule is CCC(CC)(NC(=O)[C@@H](CC(C)C)NC(=O)[C@@H]1CCCN1C(=O)OC(C)(C)C)C(N)=O. The van der Waals surface area contributed by atoms with Crippen LogP contribution in [-0.2, 0) is 19.1 Å². The highest BCUT2D eigenvalue weighted by Crippen LogP contribution is 2.22. The van der Waals surface area contributed by atoms with Crippen LogP contribution >= 0.6 is 0 Å². The predicted molar refractivity (Wildman–Crippen MR) is 118 cm³/mol. The van der Waals surface area contributed by atoms with Crippen LogP contribution in [0.4, 0.5) is 4.79 Å². The number of hydrogen-bond donors (Lipinski definition) is 3. The first-order valence-corrected chi connectivity index (χ1v) is 11.2. The number of primary amides is 1. The lowest BCUT2D eigenvalue weighted by Crippen LogP contribution is -2.62. The molecule has 1 heterocycles. The van der Waals surface area contributed by atoms with E-state index in [1.807, 2.05) is 13.8 Å². The van der Waals surface area contributed by atoms with E-state index in [0.29, 0.717) is 38.6 Å². The standard InChI is InChI=1S/C22H40N4O5/c1-8-22(9-2,19(23)29)25-17(27)15(13-14(3)4)24-18(28)16-11-10-12-26(16)20(30)31-21(5,6)7/h14-16H,8-13H2,1-7H3,(H2,23,29)(H,24,28)(H,25,27)/t15-,16+/m1/s1. The van der Waals surface area contributed by atoms with Crippen LogP contribution in [0.3, 0.4) is 0 Å². The first-order chi connectivity index (χ1) is 14.3. The first-order valence-electron chi connectivity index (χ1n) is 11.2. The number of nitrogens with two attached hydrogens (primary N) is 1. The van der Waals surface area contributed by atoms with Gasteiger partial charge in [-0.15, -0.1) is 0 Å². The molecule has 1 saturated heterocycles. The lowest BCUT2D eigenvalue weighted by atomic mass is 9.91. The zero-order chi connectivity index (χ0) is 24.0. The fraction of sp³-hybridized carbons (Fsp3) is 0.818. The normalized spacial score (nSPS) is 17.9. The van der Waals surface area contributed by atoms with Crippen LogP contribution in [-0.4, -0.2) is 58.5 Å². The van der Waals surface area contributed by atoms with Crippen LogP contribution < -0.4 is 16.4 Å². The second-order valence-corrected chi connectivity index (χ2v) is 9.67. The van der Waals surface area contributed by atoms with Gasteiger partial charge >= 0.3 is 6.09 Å². The molecule has 178 valence electrons. The molecule has 0 bridgehead atoms. The van der Waals surface area contributed by atoms with Crippen LogP contribution in [0.2, 0.25) is 0 Å². The molecule has 9 nitrogen and oxygen atoms in total. The minimum atomic E-state index is -1.16. The van der Waals surface area contributed by atoms with E-state index in [1.165, 1.54) is 4.90 Å². The Balaban J connectivity index is 2.98. The molecule has 0 unspecified atom stereocenters. The molecule has 4 amide bonds. The molecule has 0 aliphatic carbocycles. The Morgan fingerprint density at radius 2 is 1.71 bits per heavy atom. The molecule has 1 aliphatic rings. The van der Waals surface area contributed by atoms with Crippen molar-refractivity contribution in [3.05, 3.63) is 0 Å². The number of carbonyl (C=O) groups excluding carboxylic acids is 4. The summed E-state index contributed by atoms with van der Waals surface area (Å²) < 4.78 is 5.42. The summed E-state index contributed by atoms with van der Waals surface area (Å²) in [6.45, 7) is 13.2. The summed E-state index contributed by atoms with van der Waals surface area (Å²) in [4.78, 5) is 52.0. The molecule has 0 aromatic heterocycles. The Bertz CT molecular complexity index is 667. The van der Waals surface area contributed by atoms with E-state index < -0.39 is 47.0 Å². The van der Waals surface area contributed by atoms with Gasteiger partial charge in [-0.3, -0.25) is 19.3 Å². The lowest BCUT2D eigenvalue weighted by molar-refractivity contribution is -0.135. The summed E-state index contributed by atoms with van der Waals surface area (Å²) in [5.41, 5.74) is 3.72. The molecule has 0 radical (unpaired) electrons. The number of nitrogens with one attached hydrogen (secondary N) is 2. The topological polar surface area (TPSA) is 131 Å².